The Kier molecular flexibility index (Phi) is 5.41. The van der Waals surface area contributed by atoms with Gasteiger partial charge in [0.1, 0.15) is 6.10 Å². The van der Waals surface area contributed by atoms with Crippen LogP contribution < -0.4 is 5.73 Å². The van der Waals surface area contributed by atoms with Crippen LogP contribution in [0, 0.1) is 5.41 Å². The van der Waals surface area contributed by atoms with Crippen molar-refractivity contribution in [2.24, 2.45) is 11.1 Å². The molecular formula is C15H28N2O3. The van der Waals surface area contributed by atoms with Gasteiger partial charge in [-0.2, -0.15) is 0 Å². The molecule has 2 saturated heterocycles. The molecule has 5 nitrogen and oxygen atoms in total. The van der Waals surface area contributed by atoms with E-state index in [0.717, 1.165) is 32.3 Å². The highest BCUT2D eigenvalue weighted by atomic mass is 16.5. The van der Waals surface area contributed by atoms with E-state index < -0.39 is 5.41 Å². The third kappa shape index (κ3) is 3.00. The van der Waals surface area contributed by atoms with Gasteiger partial charge in [-0.1, -0.05) is 13.8 Å². The number of amides is 1. The Hall–Kier alpha value is -0.650. The van der Waals surface area contributed by atoms with Crippen LogP contribution in [-0.2, 0) is 14.3 Å². The maximum Gasteiger partial charge on any atom is 0.230 e. The molecule has 2 N–H and O–H groups in total. The van der Waals surface area contributed by atoms with Gasteiger partial charge < -0.3 is 20.1 Å². The molecule has 0 aromatic carbocycles. The van der Waals surface area contributed by atoms with Gasteiger partial charge in [-0.15, -0.1) is 0 Å². The van der Waals surface area contributed by atoms with Crippen LogP contribution in [0.2, 0.25) is 0 Å². The van der Waals surface area contributed by atoms with Crippen molar-refractivity contribution in [1.82, 2.24) is 4.90 Å². The average molecular weight is 284 g/mol. The van der Waals surface area contributed by atoms with Crippen molar-refractivity contribution in [3.8, 4) is 0 Å². The van der Waals surface area contributed by atoms with E-state index >= 15 is 0 Å². The summed E-state index contributed by atoms with van der Waals surface area (Å²) in [5, 5.41) is 0. The van der Waals surface area contributed by atoms with Crippen molar-refractivity contribution >= 4 is 5.91 Å². The highest BCUT2D eigenvalue weighted by Gasteiger charge is 2.40. The number of carbonyl (C=O) groups excluding carboxylic acids is 1. The van der Waals surface area contributed by atoms with Gasteiger partial charge >= 0.3 is 0 Å². The molecule has 2 fully saturated rings. The molecule has 20 heavy (non-hydrogen) atoms. The molecule has 0 saturated carbocycles. The smallest absolute Gasteiger partial charge is 0.230 e. The van der Waals surface area contributed by atoms with Crippen LogP contribution in [0.5, 0.6) is 0 Å². The van der Waals surface area contributed by atoms with E-state index in [1.807, 2.05) is 18.7 Å². The maximum atomic E-state index is 12.8. The summed E-state index contributed by atoms with van der Waals surface area (Å²) in [5.74, 6) is 0.191. The van der Waals surface area contributed by atoms with Crippen molar-refractivity contribution in [2.45, 2.75) is 51.7 Å². The third-order valence-corrected chi connectivity index (χ3v) is 4.96. The van der Waals surface area contributed by atoms with Gasteiger partial charge in [-0.25, -0.2) is 0 Å². The summed E-state index contributed by atoms with van der Waals surface area (Å²) in [7, 11) is 0. The number of nitrogens with two attached hydrogens (primary N) is 1. The fraction of sp³-hybridized carbons (Fsp3) is 0.933. The minimum Gasteiger partial charge on any atom is -0.375 e. The Morgan fingerprint density at radius 2 is 1.95 bits per heavy atom. The van der Waals surface area contributed by atoms with Crippen LogP contribution in [0.15, 0.2) is 0 Å². The molecule has 1 amide bonds. The second-order valence-corrected chi connectivity index (χ2v) is 5.90. The van der Waals surface area contributed by atoms with Gasteiger partial charge in [0.25, 0.3) is 0 Å². The molecule has 2 rings (SSSR count). The van der Waals surface area contributed by atoms with Crippen LogP contribution in [0.3, 0.4) is 0 Å². The molecular weight excluding hydrogens is 256 g/mol. The van der Waals surface area contributed by atoms with E-state index in [-0.39, 0.29) is 18.1 Å². The highest BCUT2D eigenvalue weighted by molar-refractivity contribution is 5.83. The molecule has 2 aliphatic rings. The molecule has 0 radical (unpaired) electrons. The predicted octanol–water partition coefficient (Wildman–Crippen LogP) is 1.16. The molecule has 0 unspecified atom stereocenters. The normalized spacial score (nSPS) is 27.9. The molecule has 0 spiro atoms. The summed E-state index contributed by atoms with van der Waals surface area (Å²) in [5.41, 5.74) is 5.49. The first-order valence-electron chi connectivity index (χ1n) is 7.89. The van der Waals surface area contributed by atoms with E-state index in [1.54, 1.807) is 0 Å². The molecule has 2 atom stereocenters. The van der Waals surface area contributed by atoms with Crippen LogP contribution in [0.1, 0.15) is 39.5 Å². The quantitative estimate of drug-likeness (QED) is 0.823. The number of morpholine rings is 1. The standard InChI is InChI=1S/C15H28N2O3/c1-3-15(4-2,11-16)14(18)17-7-9-20-13(10-17)12-6-5-8-19-12/h12-13H,3-11,16H2,1-2H3/t12-,13-/m1/s1. The summed E-state index contributed by atoms with van der Waals surface area (Å²) >= 11 is 0. The Balaban J connectivity index is 2.02. The van der Waals surface area contributed by atoms with Gasteiger partial charge in [-0.05, 0) is 25.7 Å². The molecule has 0 bridgehead atoms. The topological polar surface area (TPSA) is 64.8 Å². The Bertz CT molecular complexity index is 317. The lowest BCUT2D eigenvalue weighted by Crippen LogP contribution is -2.55. The first-order chi connectivity index (χ1) is 9.66. The predicted molar refractivity (Wildman–Crippen MR) is 77.4 cm³/mol. The van der Waals surface area contributed by atoms with Gasteiger partial charge in [0.05, 0.1) is 18.1 Å². The number of rotatable bonds is 5. The Morgan fingerprint density at radius 1 is 1.25 bits per heavy atom. The summed E-state index contributed by atoms with van der Waals surface area (Å²) in [6.45, 7) is 7.24. The van der Waals surface area contributed by atoms with Crippen LogP contribution in [0.25, 0.3) is 0 Å². The zero-order chi connectivity index (χ0) is 14.6. The first-order valence-corrected chi connectivity index (χ1v) is 7.89. The monoisotopic (exact) mass is 284 g/mol. The minimum atomic E-state index is -0.404. The molecule has 116 valence electrons. The zero-order valence-corrected chi connectivity index (χ0v) is 12.8. The van der Waals surface area contributed by atoms with Crippen molar-refractivity contribution < 1.29 is 14.3 Å². The second kappa shape index (κ2) is 6.87. The molecule has 2 heterocycles. The first kappa shape index (κ1) is 15.7. The summed E-state index contributed by atoms with van der Waals surface area (Å²) < 4.78 is 11.5. The largest absolute Gasteiger partial charge is 0.375 e. The third-order valence-electron chi connectivity index (χ3n) is 4.96. The summed E-state index contributed by atoms with van der Waals surface area (Å²) in [6.07, 6.45) is 3.90. The number of ether oxygens (including phenoxy) is 2. The number of hydrogen-bond donors (Lipinski definition) is 1. The molecule has 5 heteroatoms. The lowest BCUT2D eigenvalue weighted by molar-refractivity contribution is -0.155. The molecule has 0 aliphatic carbocycles. The average Bonchev–Trinajstić information content (AvgIpc) is 3.04. The number of nitrogens with zero attached hydrogens (tertiary/aromatic N) is 1. The lowest BCUT2D eigenvalue weighted by Gasteiger charge is -2.40. The van der Waals surface area contributed by atoms with E-state index in [2.05, 4.69) is 0 Å². The zero-order valence-electron chi connectivity index (χ0n) is 12.8. The van der Waals surface area contributed by atoms with E-state index in [1.165, 1.54) is 0 Å². The molecule has 0 aromatic heterocycles. The summed E-state index contributed by atoms with van der Waals surface area (Å²) in [6, 6.07) is 0. The molecule has 2 aliphatic heterocycles. The van der Waals surface area contributed by atoms with Crippen molar-refractivity contribution in [3.05, 3.63) is 0 Å². The second-order valence-electron chi connectivity index (χ2n) is 5.90. The van der Waals surface area contributed by atoms with E-state index in [9.17, 15) is 4.79 Å². The van der Waals surface area contributed by atoms with Crippen LogP contribution in [-0.4, -0.2) is 55.9 Å². The Morgan fingerprint density at radius 3 is 2.50 bits per heavy atom. The van der Waals surface area contributed by atoms with Crippen LogP contribution >= 0.6 is 0 Å². The van der Waals surface area contributed by atoms with Gasteiger partial charge in [0.2, 0.25) is 5.91 Å². The summed E-state index contributed by atoms with van der Waals surface area (Å²) in [4.78, 5) is 14.8. The minimum absolute atomic E-state index is 0.0272. The van der Waals surface area contributed by atoms with Crippen LogP contribution in [0.4, 0.5) is 0 Å². The van der Waals surface area contributed by atoms with Gasteiger partial charge in [0, 0.05) is 26.2 Å². The number of hydrogen-bond acceptors (Lipinski definition) is 4. The van der Waals surface area contributed by atoms with Crippen molar-refractivity contribution in [2.75, 3.05) is 32.8 Å². The van der Waals surface area contributed by atoms with E-state index in [4.69, 9.17) is 15.2 Å². The fourth-order valence-corrected chi connectivity index (χ4v) is 3.24. The van der Waals surface area contributed by atoms with Gasteiger partial charge in [-0.3, -0.25) is 4.79 Å². The highest BCUT2D eigenvalue weighted by Crippen LogP contribution is 2.29. The maximum absolute atomic E-state index is 12.8. The van der Waals surface area contributed by atoms with Crippen molar-refractivity contribution in [3.63, 3.8) is 0 Å². The Labute approximate surface area is 121 Å². The van der Waals surface area contributed by atoms with E-state index in [0.29, 0.717) is 26.2 Å². The van der Waals surface area contributed by atoms with Crippen molar-refractivity contribution in [1.29, 1.82) is 0 Å². The van der Waals surface area contributed by atoms with Gasteiger partial charge in [0.15, 0.2) is 0 Å². The SMILES string of the molecule is CCC(CC)(CN)C(=O)N1CCO[C@@H]([C@H]2CCCO2)C1. The molecule has 0 aromatic rings. The lowest BCUT2D eigenvalue weighted by atomic mass is 9.80. The fourth-order valence-electron chi connectivity index (χ4n) is 3.24. The number of carbonyl (C=O) groups is 1.